The first kappa shape index (κ1) is 46.1. The number of hydrogen-bond acceptors (Lipinski definition) is 11. The van der Waals surface area contributed by atoms with Crippen molar-refractivity contribution in [3.63, 3.8) is 0 Å². The van der Waals surface area contributed by atoms with Gasteiger partial charge in [0.2, 0.25) is 0 Å². The van der Waals surface area contributed by atoms with Gasteiger partial charge in [0, 0.05) is 6.61 Å². The second-order valence-electron chi connectivity index (χ2n) is 11.4. The highest BCUT2D eigenvalue weighted by atomic mass is 16.6. The van der Waals surface area contributed by atoms with Crippen molar-refractivity contribution in [2.24, 2.45) is 5.92 Å². The van der Waals surface area contributed by atoms with E-state index in [1.807, 2.05) is 6.92 Å². The van der Waals surface area contributed by atoms with Crippen LogP contribution in [0.25, 0.3) is 0 Å². The van der Waals surface area contributed by atoms with E-state index in [1.54, 1.807) is 0 Å². The van der Waals surface area contributed by atoms with Gasteiger partial charge in [0.25, 0.3) is 0 Å². The zero-order valence-corrected chi connectivity index (χ0v) is 30.5. The number of esters is 1. The van der Waals surface area contributed by atoms with Crippen LogP contribution >= 0.6 is 0 Å². The van der Waals surface area contributed by atoms with Crippen LogP contribution in [-0.4, -0.2) is 132 Å². The van der Waals surface area contributed by atoms with Crippen LogP contribution < -0.4 is 0 Å². The predicted octanol–water partition coefficient (Wildman–Crippen LogP) is 6.04. The summed E-state index contributed by atoms with van der Waals surface area (Å²) in [5, 5.41) is 0. The molecule has 11 heteroatoms. The summed E-state index contributed by atoms with van der Waals surface area (Å²) in [5.74, 6) is -0.114. The highest BCUT2D eigenvalue weighted by molar-refractivity contribution is 5.72. The first-order valence-corrected chi connectivity index (χ1v) is 18.6. The van der Waals surface area contributed by atoms with E-state index >= 15 is 0 Å². The van der Waals surface area contributed by atoms with Crippen LogP contribution in [0.2, 0.25) is 0 Å². The van der Waals surface area contributed by atoms with Crippen molar-refractivity contribution in [1.82, 2.24) is 0 Å². The lowest BCUT2D eigenvalue weighted by atomic mass is 10.00. The predicted molar refractivity (Wildman–Crippen MR) is 184 cm³/mol. The first-order chi connectivity index (χ1) is 23.3. The largest absolute Gasteiger partial charge is 0.463 e. The molecule has 1 unspecified atom stereocenters. The molecule has 0 saturated heterocycles. The number of unbranched alkanes of at least 4 members (excludes halogenated alkanes) is 8. The van der Waals surface area contributed by atoms with Gasteiger partial charge in [0.15, 0.2) is 0 Å². The molecule has 47 heavy (non-hydrogen) atoms. The number of ether oxygens (including phenoxy) is 10. The van der Waals surface area contributed by atoms with E-state index in [0.29, 0.717) is 112 Å². The maximum Gasteiger partial charge on any atom is 0.308 e. The highest BCUT2D eigenvalue weighted by Crippen LogP contribution is 2.14. The molecule has 0 spiro atoms. The SMILES string of the molecule is CCCCCCCCCCOCCOCCOCCOCCOCCOCCOCCOCCOCCOC(=O)C(CC)CCCC. The number of carbonyl (C=O) groups excluding carboxylic acids is 1. The Morgan fingerprint density at radius 1 is 0.362 bits per heavy atom. The molecule has 0 aliphatic rings. The average Bonchev–Trinajstić information content (AvgIpc) is 3.08. The quantitative estimate of drug-likeness (QED) is 0.0557. The molecule has 0 saturated carbocycles. The molecule has 0 radical (unpaired) electrons. The summed E-state index contributed by atoms with van der Waals surface area (Å²) in [6.07, 6.45) is 14.4. The molecular formula is C36H72O11. The van der Waals surface area contributed by atoms with Crippen LogP contribution in [-0.2, 0) is 52.2 Å². The minimum atomic E-state index is -0.115. The second kappa shape index (κ2) is 41.3. The summed E-state index contributed by atoms with van der Waals surface area (Å²) in [5.41, 5.74) is 0. The van der Waals surface area contributed by atoms with Crippen molar-refractivity contribution in [3.8, 4) is 0 Å². The Kier molecular flexibility index (Phi) is 40.5. The maximum absolute atomic E-state index is 12.0. The molecule has 0 rings (SSSR count). The van der Waals surface area contributed by atoms with E-state index in [-0.39, 0.29) is 18.5 Å². The molecule has 0 bridgehead atoms. The smallest absolute Gasteiger partial charge is 0.308 e. The van der Waals surface area contributed by atoms with E-state index in [9.17, 15) is 4.79 Å². The molecule has 0 N–H and O–H groups in total. The van der Waals surface area contributed by atoms with E-state index < -0.39 is 0 Å². The lowest BCUT2D eigenvalue weighted by molar-refractivity contribution is -0.150. The van der Waals surface area contributed by atoms with Crippen LogP contribution in [0.4, 0.5) is 0 Å². The molecule has 0 aromatic rings. The van der Waals surface area contributed by atoms with Gasteiger partial charge in [-0.3, -0.25) is 4.79 Å². The fraction of sp³-hybridized carbons (Fsp3) is 0.972. The average molecular weight is 681 g/mol. The van der Waals surface area contributed by atoms with Crippen molar-refractivity contribution in [3.05, 3.63) is 0 Å². The molecule has 0 aromatic carbocycles. The summed E-state index contributed by atoms with van der Waals surface area (Å²) >= 11 is 0. The standard InChI is InChI=1S/C36H72O11/c1-4-7-9-10-11-12-13-14-16-38-17-18-39-19-20-40-21-22-41-23-24-42-25-26-43-27-28-44-29-30-45-31-32-46-33-34-47-36(37)35(6-3)15-8-5-2/h35H,4-34H2,1-3H3. The lowest BCUT2D eigenvalue weighted by Crippen LogP contribution is -2.20. The molecule has 0 heterocycles. The molecule has 0 aliphatic carbocycles. The van der Waals surface area contributed by atoms with Gasteiger partial charge in [-0.05, 0) is 19.3 Å². The van der Waals surface area contributed by atoms with Crippen LogP contribution in [0.3, 0.4) is 0 Å². The van der Waals surface area contributed by atoms with Gasteiger partial charge in [0.05, 0.1) is 118 Å². The fourth-order valence-electron chi connectivity index (χ4n) is 4.46. The monoisotopic (exact) mass is 681 g/mol. The van der Waals surface area contributed by atoms with Crippen LogP contribution in [0, 0.1) is 5.92 Å². The Morgan fingerprint density at radius 2 is 0.660 bits per heavy atom. The Labute approximate surface area is 287 Å². The third-order valence-corrected chi connectivity index (χ3v) is 7.32. The van der Waals surface area contributed by atoms with Crippen molar-refractivity contribution < 1.29 is 52.2 Å². The normalized spacial score (nSPS) is 12.1. The summed E-state index contributed by atoms with van der Waals surface area (Å²) < 4.78 is 54.9. The van der Waals surface area contributed by atoms with Gasteiger partial charge in [-0.25, -0.2) is 0 Å². The number of carbonyl (C=O) groups is 1. The molecule has 11 nitrogen and oxygen atoms in total. The first-order valence-electron chi connectivity index (χ1n) is 18.6. The highest BCUT2D eigenvalue weighted by Gasteiger charge is 2.16. The van der Waals surface area contributed by atoms with Gasteiger partial charge in [-0.1, -0.05) is 78.6 Å². The van der Waals surface area contributed by atoms with Crippen molar-refractivity contribution in [1.29, 1.82) is 0 Å². The summed E-state index contributed by atoms with van der Waals surface area (Å²) in [4.78, 5) is 12.0. The molecule has 282 valence electrons. The summed E-state index contributed by atoms with van der Waals surface area (Å²) in [6, 6.07) is 0. The van der Waals surface area contributed by atoms with Gasteiger partial charge in [0.1, 0.15) is 6.61 Å². The van der Waals surface area contributed by atoms with Gasteiger partial charge >= 0.3 is 5.97 Å². The van der Waals surface area contributed by atoms with Crippen molar-refractivity contribution in [2.45, 2.75) is 97.8 Å². The Balaban J connectivity index is 3.13. The summed E-state index contributed by atoms with van der Waals surface area (Å²) in [6.45, 7) is 16.3. The molecular weight excluding hydrogens is 608 g/mol. The summed E-state index contributed by atoms with van der Waals surface area (Å²) in [7, 11) is 0. The second-order valence-corrected chi connectivity index (χ2v) is 11.4. The molecule has 1 atom stereocenters. The third kappa shape index (κ3) is 37.8. The zero-order chi connectivity index (χ0) is 34.1. The third-order valence-electron chi connectivity index (χ3n) is 7.32. The molecule has 0 aliphatic heterocycles. The fourth-order valence-corrected chi connectivity index (χ4v) is 4.46. The lowest BCUT2D eigenvalue weighted by Gasteiger charge is -2.13. The minimum Gasteiger partial charge on any atom is -0.463 e. The Bertz CT molecular complexity index is 597. The van der Waals surface area contributed by atoms with Gasteiger partial charge in [-0.2, -0.15) is 0 Å². The van der Waals surface area contributed by atoms with E-state index in [2.05, 4.69) is 13.8 Å². The Hall–Kier alpha value is -0.890. The van der Waals surface area contributed by atoms with Crippen LogP contribution in [0.15, 0.2) is 0 Å². The minimum absolute atomic E-state index is 0.000948. The van der Waals surface area contributed by atoms with E-state index in [1.165, 1.54) is 44.9 Å². The topological polar surface area (TPSA) is 109 Å². The zero-order valence-electron chi connectivity index (χ0n) is 30.5. The van der Waals surface area contributed by atoms with E-state index in [0.717, 1.165) is 38.7 Å². The van der Waals surface area contributed by atoms with Gasteiger partial charge in [-0.15, -0.1) is 0 Å². The number of rotatable bonds is 41. The van der Waals surface area contributed by atoms with Crippen molar-refractivity contribution >= 4 is 5.97 Å². The van der Waals surface area contributed by atoms with E-state index in [4.69, 9.17) is 47.4 Å². The molecule has 0 amide bonds. The Morgan fingerprint density at radius 3 is 1.00 bits per heavy atom. The molecule has 0 aromatic heterocycles. The van der Waals surface area contributed by atoms with Crippen LogP contribution in [0.1, 0.15) is 97.8 Å². The number of hydrogen-bond donors (Lipinski definition) is 0. The maximum atomic E-state index is 12.0. The molecule has 0 fully saturated rings. The van der Waals surface area contributed by atoms with Gasteiger partial charge < -0.3 is 47.4 Å². The van der Waals surface area contributed by atoms with Crippen molar-refractivity contribution in [2.75, 3.05) is 126 Å². The van der Waals surface area contributed by atoms with Crippen LogP contribution in [0.5, 0.6) is 0 Å².